The van der Waals surface area contributed by atoms with Crippen LogP contribution in [0.5, 0.6) is 5.75 Å². The summed E-state index contributed by atoms with van der Waals surface area (Å²) in [5, 5.41) is 10.2. The van der Waals surface area contributed by atoms with Gasteiger partial charge in [0.1, 0.15) is 5.75 Å². The molecule has 2 rings (SSSR count). The number of phenolic OH excluding ortho intramolecular Hbond substituents is 1. The average molecular weight is 297 g/mol. The lowest BCUT2D eigenvalue weighted by Crippen LogP contribution is -2.48. The molecular weight excluding hydrogens is 280 g/mol. The molecule has 1 aliphatic rings. The molecule has 0 saturated carbocycles. The van der Waals surface area contributed by atoms with Gasteiger partial charge < -0.3 is 15.7 Å². The van der Waals surface area contributed by atoms with Crippen LogP contribution in [0.25, 0.3) is 0 Å². The van der Waals surface area contributed by atoms with Crippen LogP contribution in [-0.4, -0.2) is 34.4 Å². The Balaban J connectivity index is 2.24. The number of halogens is 1. The number of benzene rings is 1. The van der Waals surface area contributed by atoms with Crippen molar-refractivity contribution in [3.8, 4) is 5.75 Å². The van der Waals surface area contributed by atoms with Crippen molar-refractivity contribution in [2.45, 2.75) is 25.8 Å². The van der Waals surface area contributed by atoms with Gasteiger partial charge in [0.05, 0.1) is 11.5 Å². The standard InChI is InChI=1S/C14H17ClN2O3/c1-8-2-3-9(13(16)19)7-17(8)14(20)11-5-4-10(15)6-12(11)18/h4-6,8-9,18H,2-3,7H2,1H3,(H2,16,19). The minimum atomic E-state index is -0.393. The third-order valence-electron chi connectivity index (χ3n) is 3.74. The number of amides is 2. The molecule has 1 fully saturated rings. The Hall–Kier alpha value is -1.75. The second kappa shape index (κ2) is 5.71. The van der Waals surface area contributed by atoms with Crippen LogP contribution in [-0.2, 0) is 4.79 Å². The van der Waals surface area contributed by atoms with Crippen LogP contribution < -0.4 is 5.73 Å². The summed E-state index contributed by atoms with van der Waals surface area (Å²) >= 11 is 5.75. The van der Waals surface area contributed by atoms with Crippen molar-refractivity contribution >= 4 is 23.4 Å². The number of carbonyl (C=O) groups excluding carboxylic acids is 2. The Morgan fingerprint density at radius 1 is 1.40 bits per heavy atom. The lowest BCUT2D eigenvalue weighted by Gasteiger charge is -2.37. The first-order valence-corrected chi connectivity index (χ1v) is 6.86. The zero-order valence-electron chi connectivity index (χ0n) is 11.2. The van der Waals surface area contributed by atoms with E-state index in [0.717, 1.165) is 0 Å². The number of phenols is 1. The molecule has 1 aliphatic heterocycles. The van der Waals surface area contributed by atoms with Gasteiger partial charge in [-0.1, -0.05) is 11.6 Å². The first-order valence-electron chi connectivity index (χ1n) is 6.49. The number of aromatic hydroxyl groups is 1. The molecule has 5 nitrogen and oxygen atoms in total. The number of rotatable bonds is 2. The SMILES string of the molecule is CC1CCC(C(N)=O)CN1C(=O)c1ccc(Cl)cc1O. The van der Waals surface area contributed by atoms with Gasteiger partial charge in [0.15, 0.2) is 0 Å². The fraction of sp³-hybridized carbons (Fsp3) is 0.429. The van der Waals surface area contributed by atoms with Crippen LogP contribution in [0.4, 0.5) is 0 Å². The number of piperidine rings is 1. The van der Waals surface area contributed by atoms with E-state index in [4.69, 9.17) is 17.3 Å². The van der Waals surface area contributed by atoms with Crippen LogP contribution in [0, 0.1) is 5.92 Å². The zero-order chi connectivity index (χ0) is 14.9. The summed E-state index contributed by atoms with van der Waals surface area (Å²) in [6, 6.07) is 4.37. The highest BCUT2D eigenvalue weighted by atomic mass is 35.5. The molecule has 0 spiro atoms. The van der Waals surface area contributed by atoms with E-state index < -0.39 is 5.91 Å². The third kappa shape index (κ3) is 2.88. The summed E-state index contributed by atoms with van der Waals surface area (Å²) in [6.45, 7) is 2.21. The first-order chi connectivity index (χ1) is 9.40. The summed E-state index contributed by atoms with van der Waals surface area (Å²) in [4.78, 5) is 25.4. The predicted octanol–water partition coefficient (Wildman–Crippen LogP) is 1.77. The first kappa shape index (κ1) is 14.7. The van der Waals surface area contributed by atoms with Crippen molar-refractivity contribution in [1.82, 2.24) is 4.90 Å². The van der Waals surface area contributed by atoms with E-state index in [2.05, 4.69) is 0 Å². The van der Waals surface area contributed by atoms with Crippen molar-refractivity contribution in [2.75, 3.05) is 6.54 Å². The van der Waals surface area contributed by atoms with Gasteiger partial charge in [0.2, 0.25) is 5.91 Å². The maximum Gasteiger partial charge on any atom is 0.257 e. The molecule has 20 heavy (non-hydrogen) atoms. The Kier molecular flexibility index (Phi) is 4.18. The van der Waals surface area contributed by atoms with Crippen molar-refractivity contribution in [1.29, 1.82) is 0 Å². The molecule has 2 unspecified atom stereocenters. The fourth-order valence-electron chi connectivity index (χ4n) is 2.46. The monoisotopic (exact) mass is 296 g/mol. The molecule has 2 amide bonds. The van der Waals surface area contributed by atoms with Gasteiger partial charge in [-0.2, -0.15) is 0 Å². The van der Waals surface area contributed by atoms with Gasteiger partial charge in [0.25, 0.3) is 5.91 Å². The molecule has 0 aliphatic carbocycles. The molecule has 0 radical (unpaired) electrons. The molecule has 1 aromatic rings. The Labute approximate surface area is 122 Å². The molecule has 1 aromatic carbocycles. The number of nitrogens with two attached hydrogens (primary N) is 1. The minimum absolute atomic E-state index is 0.00757. The normalized spacial score (nSPS) is 22.6. The van der Waals surface area contributed by atoms with E-state index >= 15 is 0 Å². The molecule has 108 valence electrons. The second-order valence-corrected chi connectivity index (χ2v) is 5.58. The van der Waals surface area contributed by atoms with E-state index in [-0.39, 0.29) is 35.7 Å². The summed E-state index contributed by atoms with van der Waals surface area (Å²) < 4.78 is 0. The van der Waals surface area contributed by atoms with Crippen molar-refractivity contribution in [2.24, 2.45) is 11.7 Å². The molecule has 1 heterocycles. The number of hydrogen-bond donors (Lipinski definition) is 2. The smallest absolute Gasteiger partial charge is 0.257 e. The van der Waals surface area contributed by atoms with Crippen molar-refractivity contribution < 1.29 is 14.7 Å². The maximum atomic E-state index is 12.5. The number of nitrogens with zero attached hydrogens (tertiary/aromatic N) is 1. The molecule has 0 bridgehead atoms. The number of hydrogen-bond acceptors (Lipinski definition) is 3. The van der Waals surface area contributed by atoms with Crippen LogP contribution in [0.1, 0.15) is 30.1 Å². The molecule has 6 heteroatoms. The van der Waals surface area contributed by atoms with Gasteiger partial charge in [-0.25, -0.2) is 0 Å². The van der Waals surface area contributed by atoms with E-state index in [1.807, 2.05) is 6.92 Å². The molecule has 3 N–H and O–H groups in total. The van der Waals surface area contributed by atoms with Gasteiger partial charge >= 0.3 is 0 Å². The minimum Gasteiger partial charge on any atom is -0.507 e. The highest BCUT2D eigenvalue weighted by Gasteiger charge is 2.32. The van der Waals surface area contributed by atoms with Crippen LogP contribution in [0.3, 0.4) is 0 Å². The number of likely N-dealkylation sites (tertiary alicyclic amines) is 1. The van der Waals surface area contributed by atoms with E-state index in [0.29, 0.717) is 17.9 Å². The summed E-state index contributed by atoms with van der Waals surface area (Å²) in [7, 11) is 0. The summed E-state index contributed by atoms with van der Waals surface area (Å²) in [5.41, 5.74) is 5.51. The van der Waals surface area contributed by atoms with Crippen LogP contribution in [0.2, 0.25) is 5.02 Å². The Bertz CT molecular complexity index is 547. The van der Waals surface area contributed by atoms with Gasteiger partial charge in [-0.05, 0) is 38.0 Å². The van der Waals surface area contributed by atoms with Crippen molar-refractivity contribution in [3.63, 3.8) is 0 Å². The Morgan fingerprint density at radius 3 is 2.70 bits per heavy atom. The molecule has 2 atom stereocenters. The lowest BCUT2D eigenvalue weighted by atomic mass is 9.92. The zero-order valence-corrected chi connectivity index (χ0v) is 11.9. The fourth-order valence-corrected chi connectivity index (χ4v) is 2.63. The molecule has 0 aromatic heterocycles. The van der Waals surface area contributed by atoms with E-state index in [9.17, 15) is 14.7 Å². The van der Waals surface area contributed by atoms with Crippen molar-refractivity contribution in [3.05, 3.63) is 28.8 Å². The molecular formula is C14H17ClN2O3. The number of primary amides is 1. The highest BCUT2D eigenvalue weighted by molar-refractivity contribution is 6.30. The van der Waals surface area contributed by atoms with Gasteiger partial charge in [-0.3, -0.25) is 9.59 Å². The molecule has 1 saturated heterocycles. The number of carbonyl (C=O) groups is 2. The Morgan fingerprint density at radius 2 is 2.10 bits per heavy atom. The van der Waals surface area contributed by atoms with Crippen LogP contribution >= 0.6 is 11.6 Å². The second-order valence-electron chi connectivity index (χ2n) is 5.14. The summed E-state index contributed by atoms with van der Waals surface area (Å²) in [5.74, 6) is -1.19. The maximum absolute atomic E-state index is 12.5. The van der Waals surface area contributed by atoms with Gasteiger partial charge in [-0.15, -0.1) is 0 Å². The topological polar surface area (TPSA) is 83.6 Å². The summed E-state index contributed by atoms with van der Waals surface area (Å²) in [6.07, 6.45) is 1.40. The quantitative estimate of drug-likeness (QED) is 0.872. The lowest BCUT2D eigenvalue weighted by molar-refractivity contribution is -0.123. The average Bonchev–Trinajstić information content (AvgIpc) is 2.38. The predicted molar refractivity (Wildman–Crippen MR) is 75.5 cm³/mol. The van der Waals surface area contributed by atoms with Gasteiger partial charge in [0, 0.05) is 17.6 Å². The van der Waals surface area contributed by atoms with E-state index in [1.54, 1.807) is 11.0 Å². The largest absolute Gasteiger partial charge is 0.507 e. The highest BCUT2D eigenvalue weighted by Crippen LogP contribution is 2.28. The third-order valence-corrected chi connectivity index (χ3v) is 3.97. The van der Waals surface area contributed by atoms with Crippen LogP contribution in [0.15, 0.2) is 18.2 Å². The van der Waals surface area contributed by atoms with E-state index in [1.165, 1.54) is 12.1 Å².